The molecule has 1 N–H and O–H groups in total. The molecule has 3 aromatic carbocycles. The average Bonchev–Trinajstić information content (AvgIpc) is 3.84. The largest absolute Gasteiger partial charge is 0.461 e. The van der Waals surface area contributed by atoms with Crippen LogP contribution in [0.4, 0.5) is 0 Å². The first-order valence-corrected chi connectivity index (χ1v) is 18.7. The van der Waals surface area contributed by atoms with Crippen molar-refractivity contribution in [3.63, 3.8) is 0 Å². The van der Waals surface area contributed by atoms with Crippen molar-refractivity contribution in [2.24, 2.45) is 23.7 Å². The van der Waals surface area contributed by atoms with Crippen LogP contribution in [-0.2, 0) is 24.7 Å². The number of ether oxygens (including phenoxy) is 1. The van der Waals surface area contributed by atoms with Crippen LogP contribution in [0.5, 0.6) is 0 Å². The number of allylic oxidation sites excluding steroid dienone is 2. The third-order valence-electron chi connectivity index (χ3n) is 11.1. The highest BCUT2D eigenvalue weighted by atomic mass is 16.5. The number of fused-ring (bicyclic) bond motifs is 5. The van der Waals surface area contributed by atoms with Crippen LogP contribution in [-0.4, -0.2) is 50.9 Å². The Labute approximate surface area is 320 Å². The summed E-state index contributed by atoms with van der Waals surface area (Å²) in [5.41, 5.74) is 5.30. The highest BCUT2D eigenvalue weighted by Crippen LogP contribution is 2.64. The van der Waals surface area contributed by atoms with Gasteiger partial charge in [0.05, 0.1) is 29.8 Å². The Morgan fingerprint density at radius 1 is 0.818 bits per heavy atom. The molecule has 2 aliphatic carbocycles. The van der Waals surface area contributed by atoms with Gasteiger partial charge in [-0.2, -0.15) is 0 Å². The molecule has 2 aromatic heterocycles. The van der Waals surface area contributed by atoms with Gasteiger partial charge in [0.15, 0.2) is 5.60 Å². The quantitative estimate of drug-likeness (QED) is 0.0655. The Morgan fingerprint density at radius 2 is 1.47 bits per heavy atom. The monoisotopic (exact) mass is 727 g/mol. The van der Waals surface area contributed by atoms with Gasteiger partial charge in [0.25, 0.3) is 0 Å². The van der Waals surface area contributed by atoms with Gasteiger partial charge >= 0.3 is 5.97 Å². The smallest absolute Gasteiger partial charge is 0.330 e. The van der Waals surface area contributed by atoms with Gasteiger partial charge in [-0.3, -0.25) is 24.5 Å². The number of rotatable bonds is 11. The number of aromatic nitrogens is 2. The van der Waals surface area contributed by atoms with Gasteiger partial charge < -0.3 is 9.84 Å². The Kier molecular flexibility index (Phi) is 9.67. The summed E-state index contributed by atoms with van der Waals surface area (Å²) in [6.45, 7) is 4.03. The number of aliphatic hydroxyl groups is 1. The van der Waals surface area contributed by atoms with Crippen LogP contribution in [0.25, 0.3) is 11.6 Å². The van der Waals surface area contributed by atoms with Crippen LogP contribution >= 0.6 is 0 Å². The lowest BCUT2D eigenvalue weighted by Crippen LogP contribution is -2.39. The van der Waals surface area contributed by atoms with Crippen molar-refractivity contribution in [1.82, 2.24) is 14.9 Å². The SMILES string of the molecule is CC(C)c1ccc(/C=C/C(=O)OCCN2C(=O)[C@@H]3[C@@H]4C(C(O)(c5ccccc5)c5ccccn5)=C[C@@H](C4=C(c4ccccc4)c4ccccn4)[C@@H]3C2=O)cc1. The summed E-state index contributed by atoms with van der Waals surface area (Å²) in [6, 6.07) is 38.3. The molecule has 8 heteroatoms. The standard InChI is InChI=1S/C47H41N3O5/c1-30(2)32-22-19-31(20-23-32)21-24-39(51)55-28-27-50-45(52)42-35-29-36(47(54,34-15-7-4-8-16-34)38-18-10-12-26-49-38)43(44(42)46(50)53)41(35)40(33-13-5-3-6-14-33)37-17-9-11-25-48-37/h3-26,29-30,35,42-44,54H,27-28H2,1-2H3/b24-21+,41-40?/t35-,42-,43+,44-,47?/m0/s1. The molecule has 5 aromatic rings. The summed E-state index contributed by atoms with van der Waals surface area (Å²) in [5, 5.41) is 13.1. The molecule has 8 nitrogen and oxygen atoms in total. The fourth-order valence-electron chi connectivity index (χ4n) is 8.57. The topological polar surface area (TPSA) is 110 Å². The van der Waals surface area contributed by atoms with Gasteiger partial charge in [-0.15, -0.1) is 0 Å². The summed E-state index contributed by atoms with van der Waals surface area (Å²) in [5.74, 6) is -3.50. The molecule has 1 saturated heterocycles. The van der Waals surface area contributed by atoms with Crippen molar-refractivity contribution >= 4 is 29.4 Å². The number of likely N-dealkylation sites (tertiary alicyclic amines) is 1. The number of hydrogen-bond donors (Lipinski definition) is 1. The molecular formula is C47H41N3O5. The highest BCUT2D eigenvalue weighted by Gasteiger charge is 2.66. The molecular weight excluding hydrogens is 687 g/mol. The van der Waals surface area contributed by atoms with Crippen LogP contribution in [0.3, 0.4) is 0 Å². The molecule has 274 valence electrons. The Hall–Kier alpha value is -6.25. The summed E-state index contributed by atoms with van der Waals surface area (Å²) in [7, 11) is 0. The first-order valence-electron chi connectivity index (χ1n) is 18.7. The Bertz CT molecular complexity index is 2220. The van der Waals surface area contributed by atoms with Crippen LogP contribution in [0.15, 0.2) is 157 Å². The number of carbonyl (C=O) groups excluding carboxylic acids is 3. The molecule has 8 rings (SSSR count). The summed E-state index contributed by atoms with van der Waals surface area (Å²) < 4.78 is 5.49. The first kappa shape index (κ1) is 35.8. The number of pyridine rings is 2. The lowest BCUT2D eigenvalue weighted by atomic mass is 9.71. The molecule has 2 fully saturated rings. The van der Waals surface area contributed by atoms with Crippen molar-refractivity contribution in [3.8, 4) is 0 Å². The van der Waals surface area contributed by atoms with E-state index in [1.165, 1.54) is 16.5 Å². The minimum Gasteiger partial charge on any atom is -0.461 e. The molecule has 3 aliphatic rings. The Morgan fingerprint density at radius 3 is 2.13 bits per heavy atom. The van der Waals surface area contributed by atoms with Crippen molar-refractivity contribution in [2.75, 3.05) is 13.2 Å². The van der Waals surface area contributed by atoms with Crippen LogP contribution in [0, 0.1) is 23.7 Å². The van der Waals surface area contributed by atoms with Gasteiger partial charge in [0.1, 0.15) is 6.61 Å². The fourth-order valence-corrected chi connectivity index (χ4v) is 8.57. The molecule has 55 heavy (non-hydrogen) atoms. The Balaban J connectivity index is 1.15. The maximum Gasteiger partial charge on any atom is 0.330 e. The fraction of sp³-hybridized carbons (Fsp3) is 0.213. The maximum atomic E-state index is 14.6. The van der Waals surface area contributed by atoms with Crippen LogP contribution in [0.2, 0.25) is 0 Å². The lowest BCUT2D eigenvalue weighted by Gasteiger charge is -2.36. The summed E-state index contributed by atoms with van der Waals surface area (Å²) in [4.78, 5) is 52.3. The van der Waals surface area contributed by atoms with Gasteiger partial charge in [-0.1, -0.05) is 117 Å². The number of esters is 1. The van der Waals surface area contributed by atoms with Crippen LogP contribution in [0.1, 0.15) is 53.4 Å². The summed E-state index contributed by atoms with van der Waals surface area (Å²) in [6.07, 6.45) is 8.40. The molecule has 1 aliphatic heterocycles. The van der Waals surface area contributed by atoms with E-state index < -0.39 is 35.2 Å². The van der Waals surface area contributed by atoms with Crippen molar-refractivity contribution in [1.29, 1.82) is 0 Å². The number of benzene rings is 3. The number of amides is 2. The second-order valence-electron chi connectivity index (χ2n) is 14.5. The van der Waals surface area contributed by atoms with E-state index in [4.69, 9.17) is 9.72 Å². The van der Waals surface area contributed by atoms with E-state index in [1.54, 1.807) is 30.6 Å². The summed E-state index contributed by atoms with van der Waals surface area (Å²) >= 11 is 0. The first-order chi connectivity index (χ1) is 26.8. The van der Waals surface area contributed by atoms with E-state index in [1.807, 2.05) is 115 Å². The molecule has 0 spiro atoms. The average molecular weight is 728 g/mol. The third-order valence-corrected chi connectivity index (χ3v) is 11.1. The predicted octanol–water partition coefficient (Wildman–Crippen LogP) is 7.38. The molecule has 1 saturated carbocycles. The van der Waals surface area contributed by atoms with E-state index in [2.05, 4.69) is 18.8 Å². The predicted molar refractivity (Wildman–Crippen MR) is 210 cm³/mol. The maximum absolute atomic E-state index is 14.6. The van der Waals surface area contributed by atoms with Gasteiger partial charge in [0, 0.05) is 35.9 Å². The van der Waals surface area contributed by atoms with E-state index in [-0.39, 0.29) is 25.0 Å². The number of imide groups is 1. The molecule has 3 heterocycles. The molecule has 2 bridgehead atoms. The van der Waals surface area contributed by atoms with E-state index >= 15 is 0 Å². The van der Waals surface area contributed by atoms with Crippen molar-refractivity contribution < 1.29 is 24.2 Å². The van der Waals surface area contributed by atoms with E-state index in [0.29, 0.717) is 28.4 Å². The van der Waals surface area contributed by atoms with Crippen molar-refractivity contribution in [2.45, 2.75) is 25.4 Å². The minimum atomic E-state index is -1.71. The normalized spacial score (nSPS) is 22.2. The van der Waals surface area contributed by atoms with Gasteiger partial charge in [0.2, 0.25) is 11.8 Å². The molecule has 2 amide bonds. The van der Waals surface area contributed by atoms with E-state index in [0.717, 1.165) is 22.3 Å². The van der Waals surface area contributed by atoms with Crippen molar-refractivity contribution in [3.05, 3.63) is 191 Å². The van der Waals surface area contributed by atoms with E-state index in [9.17, 15) is 19.5 Å². The van der Waals surface area contributed by atoms with Crippen LogP contribution < -0.4 is 0 Å². The highest BCUT2D eigenvalue weighted by molar-refractivity contribution is 6.08. The number of nitrogens with zero attached hydrogens (tertiary/aromatic N) is 3. The number of hydrogen-bond acceptors (Lipinski definition) is 7. The molecule has 1 unspecified atom stereocenters. The lowest BCUT2D eigenvalue weighted by molar-refractivity contribution is -0.145. The zero-order chi connectivity index (χ0) is 38.1. The molecule has 5 atom stereocenters. The second kappa shape index (κ2) is 14.9. The zero-order valence-corrected chi connectivity index (χ0v) is 30.7. The molecule has 0 radical (unpaired) electrons. The minimum absolute atomic E-state index is 0.0733. The second-order valence-corrected chi connectivity index (χ2v) is 14.5. The van der Waals surface area contributed by atoms with Gasteiger partial charge in [-0.25, -0.2) is 4.79 Å². The zero-order valence-electron chi connectivity index (χ0n) is 30.7. The number of carbonyl (C=O) groups is 3. The van der Waals surface area contributed by atoms with Gasteiger partial charge in [-0.05, 0) is 69.7 Å². The third kappa shape index (κ3) is 6.42.